The van der Waals surface area contributed by atoms with Crippen molar-refractivity contribution in [2.24, 2.45) is 5.92 Å². The van der Waals surface area contributed by atoms with Crippen molar-refractivity contribution in [3.8, 4) is 0 Å². The molecule has 1 nitrogen and oxygen atoms in total. The van der Waals surface area contributed by atoms with E-state index in [-0.39, 0.29) is 0 Å². The highest BCUT2D eigenvalue weighted by Crippen LogP contribution is 2.42. The van der Waals surface area contributed by atoms with Crippen LogP contribution in [-0.4, -0.2) is 18.3 Å². The molecule has 0 spiro atoms. The Morgan fingerprint density at radius 1 is 1.67 bits per heavy atom. The van der Waals surface area contributed by atoms with Crippen LogP contribution in [0.25, 0.3) is 0 Å². The molecule has 2 bridgehead atoms. The molecular formula is C7H12FN. The lowest BCUT2D eigenvalue weighted by atomic mass is 9.94. The molecule has 3 unspecified atom stereocenters. The van der Waals surface area contributed by atoms with Crippen LogP contribution in [0.2, 0.25) is 0 Å². The summed E-state index contributed by atoms with van der Waals surface area (Å²) in [5, 5.41) is 3.27. The van der Waals surface area contributed by atoms with Crippen LogP contribution in [0.1, 0.15) is 19.8 Å². The van der Waals surface area contributed by atoms with E-state index in [1.807, 2.05) is 0 Å². The Bertz CT molecular complexity index is 133. The van der Waals surface area contributed by atoms with E-state index in [1.165, 1.54) is 0 Å². The minimum atomic E-state index is -0.851. The van der Waals surface area contributed by atoms with Crippen molar-refractivity contribution in [1.29, 1.82) is 0 Å². The van der Waals surface area contributed by atoms with Crippen molar-refractivity contribution in [1.82, 2.24) is 5.32 Å². The average molecular weight is 129 g/mol. The first-order chi connectivity index (χ1) is 4.18. The van der Waals surface area contributed by atoms with E-state index in [0.717, 1.165) is 19.4 Å². The van der Waals surface area contributed by atoms with Crippen LogP contribution in [-0.2, 0) is 0 Å². The fourth-order valence-electron chi connectivity index (χ4n) is 2.08. The molecule has 1 N–H and O–H groups in total. The van der Waals surface area contributed by atoms with E-state index in [9.17, 15) is 4.39 Å². The molecule has 1 heterocycles. The minimum absolute atomic E-state index is 0.308. The summed E-state index contributed by atoms with van der Waals surface area (Å²) in [6.07, 6.45) is 1.80. The highest BCUT2D eigenvalue weighted by Gasteiger charge is 2.48. The maximum atomic E-state index is 13.3. The molecule has 9 heavy (non-hydrogen) atoms. The van der Waals surface area contributed by atoms with Gasteiger partial charge in [-0.2, -0.15) is 0 Å². The first-order valence-electron chi connectivity index (χ1n) is 3.61. The Kier molecular flexibility index (Phi) is 0.933. The van der Waals surface area contributed by atoms with Crippen molar-refractivity contribution in [2.75, 3.05) is 6.54 Å². The van der Waals surface area contributed by atoms with Crippen LogP contribution in [0.15, 0.2) is 0 Å². The van der Waals surface area contributed by atoms with Crippen molar-refractivity contribution < 1.29 is 4.39 Å². The molecule has 0 aromatic heterocycles. The maximum absolute atomic E-state index is 13.3. The van der Waals surface area contributed by atoms with Gasteiger partial charge in [-0.25, -0.2) is 4.39 Å². The van der Waals surface area contributed by atoms with Gasteiger partial charge in [-0.15, -0.1) is 0 Å². The van der Waals surface area contributed by atoms with Gasteiger partial charge in [0, 0.05) is 18.5 Å². The highest BCUT2D eigenvalue weighted by atomic mass is 19.1. The molecule has 3 atom stereocenters. The van der Waals surface area contributed by atoms with Gasteiger partial charge < -0.3 is 5.32 Å². The first-order valence-corrected chi connectivity index (χ1v) is 3.61. The smallest absolute Gasteiger partial charge is 0.113 e. The number of alkyl halides is 1. The summed E-state index contributed by atoms with van der Waals surface area (Å²) in [7, 11) is 0. The SMILES string of the molecule is CC1(F)CC2CC1CN2. The lowest BCUT2D eigenvalue weighted by Crippen LogP contribution is -2.37. The van der Waals surface area contributed by atoms with Crippen LogP contribution >= 0.6 is 0 Å². The zero-order valence-corrected chi connectivity index (χ0v) is 5.65. The Morgan fingerprint density at radius 3 is 2.67 bits per heavy atom. The van der Waals surface area contributed by atoms with Crippen LogP contribution in [0.3, 0.4) is 0 Å². The molecular weight excluding hydrogens is 117 g/mol. The van der Waals surface area contributed by atoms with E-state index in [4.69, 9.17) is 0 Å². The number of fused-ring (bicyclic) bond motifs is 2. The van der Waals surface area contributed by atoms with Gasteiger partial charge in [0.05, 0.1) is 0 Å². The van der Waals surface area contributed by atoms with Gasteiger partial charge in [-0.3, -0.25) is 0 Å². The molecule has 0 aromatic rings. The predicted molar refractivity (Wildman–Crippen MR) is 34.0 cm³/mol. The molecule has 1 aliphatic carbocycles. The number of hydrogen-bond donors (Lipinski definition) is 1. The molecule has 2 heteroatoms. The standard InChI is InChI=1S/C7H12FN/c1-7(8)3-6-2-5(7)4-9-6/h5-6,9H,2-4H2,1H3. The molecule has 2 fully saturated rings. The third-order valence-corrected chi connectivity index (χ3v) is 2.72. The summed E-state index contributed by atoms with van der Waals surface area (Å²) in [5.74, 6) is 0.308. The zero-order valence-electron chi connectivity index (χ0n) is 5.65. The van der Waals surface area contributed by atoms with Gasteiger partial charge in [-0.1, -0.05) is 0 Å². The lowest BCUT2D eigenvalue weighted by Gasteiger charge is -2.25. The molecule has 1 saturated heterocycles. The number of nitrogens with one attached hydrogen (secondary N) is 1. The quantitative estimate of drug-likeness (QED) is 0.516. The monoisotopic (exact) mass is 129 g/mol. The van der Waals surface area contributed by atoms with Crippen LogP contribution in [0.5, 0.6) is 0 Å². The van der Waals surface area contributed by atoms with E-state index in [1.54, 1.807) is 6.92 Å². The molecule has 1 aliphatic heterocycles. The van der Waals surface area contributed by atoms with Gasteiger partial charge in [0.1, 0.15) is 5.67 Å². The van der Waals surface area contributed by atoms with Crippen LogP contribution < -0.4 is 5.32 Å². The van der Waals surface area contributed by atoms with Gasteiger partial charge in [0.15, 0.2) is 0 Å². The van der Waals surface area contributed by atoms with Crippen molar-refractivity contribution in [3.05, 3.63) is 0 Å². The third-order valence-electron chi connectivity index (χ3n) is 2.72. The summed E-state index contributed by atoms with van der Waals surface area (Å²) in [4.78, 5) is 0. The van der Waals surface area contributed by atoms with Gasteiger partial charge in [0.2, 0.25) is 0 Å². The van der Waals surface area contributed by atoms with Crippen molar-refractivity contribution in [3.63, 3.8) is 0 Å². The van der Waals surface area contributed by atoms with Gasteiger partial charge >= 0.3 is 0 Å². The number of hydrogen-bond acceptors (Lipinski definition) is 1. The summed E-state index contributed by atoms with van der Waals surface area (Å²) in [6.45, 7) is 2.64. The second-order valence-corrected chi connectivity index (χ2v) is 3.52. The van der Waals surface area contributed by atoms with E-state index in [2.05, 4.69) is 5.32 Å². The van der Waals surface area contributed by atoms with Crippen molar-refractivity contribution in [2.45, 2.75) is 31.5 Å². The summed E-state index contributed by atoms with van der Waals surface area (Å²) >= 11 is 0. The normalized spacial score (nSPS) is 56.7. The molecule has 2 rings (SSSR count). The second-order valence-electron chi connectivity index (χ2n) is 3.52. The molecule has 2 aliphatic rings. The van der Waals surface area contributed by atoms with E-state index in [0.29, 0.717) is 12.0 Å². The largest absolute Gasteiger partial charge is 0.313 e. The molecule has 52 valence electrons. The zero-order chi connectivity index (χ0) is 6.48. The lowest BCUT2D eigenvalue weighted by molar-refractivity contribution is 0.118. The Hall–Kier alpha value is -0.110. The molecule has 0 radical (unpaired) electrons. The van der Waals surface area contributed by atoms with Crippen LogP contribution in [0, 0.1) is 5.92 Å². The maximum Gasteiger partial charge on any atom is 0.113 e. The number of rotatable bonds is 0. The first kappa shape index (κ1) is 5.66. The number of halogens is 1. The Labute approximate surface area is 54.6 Å². The van der Waals surface area contributed by atoms with E-state index < -0.39 is 5.67 Å². The average Bonchev–Trinajstić information content (AvgIpc) is 2.19. The van der Waals surface area contributed by atoms with E-state index >= 15 is 0 Å². The van der Waals surface area contributed by atoms with Gasteiger partial charge in [-0.05, 0) is 19.8 Å². The predicted octanol–water partition coefficient (Wildman–Crippen LogP) is 1.10. The van der Waals surface area contributed by atoms with Gasteiger partial charge in [0.25, 0.3) is 0 Å². The molecule has 0 aromatic carbocycles. The fourth-order valence-corrected chi connectivity index (χ4v) is 2.08. The third kappa shape index (κ3) is 0.692. The number of piperidine rings is 1. The highest BCUT2D eigenvalue weighted by molar-refractivity contribution is 5.02. The van der Waals surface area contributed by atoms with Crippen molar-refractivity contribution >= 4 is 0 Å². The Balaban J connectivity index is 2.18. The molecule has 1 saturated carbocycles. The van der Waals surface area contributed by atoms with Crippen LogP contribution in [0.4, 0.5) is 4.39 Å². The Morgan fingerprint density at radius 2 is 2.44 bits per heavy atom. The summed E-state index contributed by atoms with van der Waals surface area (Å²) in [6, 6.07) is 0.491. The summed E-state index contributed by atoms with van der Waals surface area (Å²) in [5.41, 5.74) is -0.851. The molecule has 0 amide bonds. The fraction of sp³-hybridized carbons (Fsp3) is 1.00. The summed E-state index contributed by atoms with van der Waals surface area (Å²) < 4.78 is 13.3. The minimum Gasteiger partial charge on any atom is -0.313 e. The second kappa shape index (κ2) is 1.48. The topological polar surface area (TPSA) is 12.0 Å².